The zero-order valence-electron chi connectivity index (χ0n) is 22.0. The normalized spacial score (nSPS) is 17.0. The maximum absolute atomic E-state index is 13.1. The van der Waals surface area contributed by atoms with Gasteiger partial charge in [0.25, 0.3) is 0 Å². The molecule has 39 heavy (non-hydrogen) atoms. The summed E-state index contributed by atoms with van der Waals surface area (Å²) in [7, 11) is 1.33. The lowest BCUT2D eigenvalue weighted by molar-refractivity contribution is -0.137. The predicted octanol–water partition coefficient (Wildman–Crippen LogP) is -0.465. The molecule has 0 aromatic heterocycles. The molecule has 1 aromatic carbocycles. The number of amides is 4. The fourth-order valence-corrected chi connectivity index (χ4v) is 3.75. The van der Waals surface area contributed by atoms with E-state index in [4.69, 9.17) is 14.2 Å². The molecule has 13 nitrogen and oxygen atoms in total. The van der Waals surface area contributed by atoms with Crippen LogP contribution in [0.25, 0.3) is 0 Å². The summed E-state index contributed by atoms with van der Waals surface area (Å²) in [6.45, 7) is 1.32. The van der Waals surface area contributed by atoms with Crippen LogP contribution >= 0.6 is 0 Å². The highest BCUT2D eigenvalue weighted by molar-refractivity contribution is 5.92. The third-order valence-corrected chi connectivity index (χ3v) is 5.75. The Kier molecular flexibility index (Phi) is 13.4. The number of carbonyl (C=O) groups excluding carboxylic acids is 5. The van der Waals surface area contributed by atoms with Crippen molar-refractivity contribution in [3.8, 4) is 0 Å². The van der Waals surface area contributed by atoms with Gasteiger partial charge in [0.15, 0.2) is 0 Å². The van der Waals surface area contributed by atoms with Crippen LogP contribution in [-0.2, 0) is 40.0 Å². The van der Waals surface area contributed by atoms with Crippen molar-refractivity contribution in [1.29, 1.82) is 0 Å². The smallest absolute Gasteiger partial charge is 0.408 e. The van der Waals surface area contributed by atoms with Gasteiger partial charge in [0.1, 0.15) is 18.7 Å². The van der Waals surface area contributed by atoms with Crippen molar-refractivity contribution >= 4 is 29.8 Å². The van der Waals surface area contributed by atoms with Gasteiger partial charge in [-0.15, -0.1) is 0 Å². The third-order valence-electron chi connectivity index (χ3n) is 5.75. The number of aliphatic hydroxyl groups excluding tert-OH is 1. The third kappa shape index (κ3) is 11.1. The Labute approximate surface area is 226 Å². The summed E-state index contributed by atoms with van der Waals surface area (Å²) in [6, 6.07) is 5.54. The van der Waals surface area contributed by atoms with Crippen LogP contribution in [0.5, 0.6) is 0 Å². The number of benzene rings is 1. The average Bonchev–Trinajstić information content (AvgIpc) is 3.33. The summed E-state index contributed by atoms with van der Waals surface area (Å²) in [6.07, 6.45) is 2.45. The number of carbonyl (C=O) groups is 5. The quantitative estimate of drug-likeness (QED) is 0.143. The Balaban J connectivity index is 2.01. The van der Waals surface area contributed by atoms with Crippen molar-refractivity contribution < 1.29 is 43.3 Å². The fourth-order valence-electron chi connectivity index (χ4n) is 3.75. The van der Waals surface area contributed by atoms with E-state index in [1.54, 1.807) is 31.2 Å². The molecular formula is C26H36N4O9. The van der Waals surface area contributed by atoms with E-state index in [1.807, 2.05) is 6.07 Å². The monoisotopic (exact) mass is 548 g/mol. The Morgan fingerprint density at radius 2 is 1.79 bits per heavy atom. The second kappa shape index (κ2) is 16.8. The van der Waals surface area contributed by atoms with Crippen LogP contribution < -0.4 is 21.3 Å². The van der Waals surface area contributed by atoms with Crippen molar-refractivity contribution in [2.24, 2.45) is 5.92 Å². The number of rotatable bonds is 15. The van der Waals surface area contributed by atoms with Crippen LogP contribution in [0.15, 0.2) is 42.5 Å². The van der Waals surface area contributed by atoms with E-state index >= 15 is 0 Å². The molecule has 5 N–H and O–H groups in total. The summed E-state index contributed by atoms with van der Waals surface area (Å²) >= 11 is 0. The molecule has 1 aliphatic heterocycles. The molecule has 0 radical (unpaired) electrons. The second-order valence-electron chi connectivity index (χ2n) is 8.70. The zero-order chi connectivity index (χ0) is 28.6. The van der Waals surface area contributed by atoms with Gasteiger partial charge in [-0.1, -0.05) is 36.4 Å². The number of hydrogen-bond donors (Lipinski definition) is 5. The minimum absolute atomic E-state index is 0.0408. The number of nitrogens with one attached hydrogen (secondary N) is 4. The molecule has 1 aromatic rings. The van der Waals surface area contributed by atoms with Crippen LogP contribution in [0.1, 0.15) is 25.3 Å². The first-order chi connectivity index (χ1) is 18.8. The maximum atomic E-state index is 13.1. The number of methoxy groups -OCH3 is 1. The zero-order valence-corrected chi connectivity index (χ0v) is 22.0. The van der Waals surface area contributed by atoms with Crippen molar-refractivity contribution in [3.05, 3.63) is 48.0 Å². The van der Waals surface area contributed by atoms with Crippen LogP contribution in [0.4, 0.5) is 4.79 Å². The number of alkyl carbamates (subject to hydrolysis) is 1. The number of hydrogen-bond acceptors (Lipinski definition) is 9. The summed E-state index contributed by atoms with van der Waals surface area (Å²) in [4.78, 5) is 61.8. The summed E-state index contributed by atoms with van der Waals surface area (Å²) < 4.78 is 15.0. The molecule has 1 heterocycles. The molecule has 0 bridgehead atoms. The second-order valence-corrected chi connectivity index (χ2v) is 8.70. The molecule has 4 amide bonds. The van der Waals surface area contributed by atoms with Gasteiger partial charge < -0.3 is 40.6 Å². The van der Waals surface area contributed by atoms with E-state index in [0.717, 1.165) is 11.6 Å². The molecule has 0 unspecified atom stereocenters. The van der Waals surface area contributed by atoms with Crippen LogP contribution in [0, 0.1) is 5.92 Å². The van der Waals surface area contributed by atoms with E-state index in [9.17, 15) is 29.1 Å². The molecular weight excluding hydrogens is 512 g/mol. The Morgan fingerprint density at radius 3 is 2.41 bits per heavy atom. The van der Waals surface area contributed by atoms with Crippen molar-refractivity contribution in [3.63, 3.8) is 0 Å². The summed E-state index contributed by atoms with van der Waals surface area (Å²) in [5.74, 6) is -2.64. The molecule has 0 aliphatic carbocycles. The number of aliphatic hydroxyl groups is 1. The van der Waals surface area contributed by atoms with E-state index in [0.29, 0.717) is 13.0 Å². The molecule has 1 aliphatic rings. The molecule has 0 saturated carbocycles. The first-order valence-electron chi connectivity index (χ1n) is 12.6. The lowest BCUT2D eigenvalue weighted by Gasteiger charge is -2.24. The average molecular weight is 549 g/mol. The molecule has 4 atom stereocenters. The van der Waals surface area contributed by atoms with Gasteiger partial charge in [0.2, 0.25) is 17.7 Å². The van der Waals surface area contributed by atoms with E-state index < -0.39 is 48.6 Å². The van der Waals surface area contributed by atoms with Crippen LogP contribution in [0.2, 0.25) is 0 Å². The minimum Gasteiger partial charge on any atom is -0.463 e. The van der Waals surface area contributed by atoms with E-state index in [1.165, 1.54) is 13.2 Å². The van der Waals surface area contributed by atoms with Crippen molar-refractivity contribution in [1.82, 2.24) is 21.3 Å². The first-order valence-corrected chi connectivity index (χ1v) is 12.6. The maximum Gasteiger partial charge on any atom is 0.408 e. The number of ether oxygens (including phenoxy) is 3. The first kappa shape index (κ1) is 31.2. The lowest BCUT2D eigenvalue weighted by Crippen LogP contribution is -2.57. The molecule has 13 heteroatoms. The molecule has 214 valence electrons. The van der Waals surface area contributed by atoms with E-state index in [2.05, 4.69) is 21.3 Å². The highest BCUT2D eigenvalue weighted by Gasteiger charge is 2.30. The van der Waals surface area contributed by atoms with Crippen molar-refractivity contribution in [2.45, 2.75) is 44.5 Å². The largest absolute Gasteiger partial charge is 0.463 e. The molecule has 0 spiro atoms. The van der Waals surface area contributed by atoms with Gasteiger partial charge in [0, 0.05) is 31.7 Å². The van der Waals surface area contributed by atoms with Gasteiger partial charge in [-0.05, 0) is 25.3 Å². The fraction of sp³-hybridized carbons (Fsp3) is 0.500. The van der Waals surface area contributed by atoms with Gasteiger partial charge in [-0.25, -0.2) is 9.59 Å². The van der Waals surface area contributed by atoms with Crippen molar-refractivity contribution in [2.75, 3.05) is 33.5 Å². The van der Waals surface area contributed by atoms with Crippen LogP contribution in [0.3, 0.4) is 0 Å². The summed E-state index contributed by atoms with van der Waals surface area (Å²) in [5.41, 5.74) is 0.733. The molecule has 1 saturated heterocycles. The van der Waals surface area contributed by atoms with Gasteiger partial charge in [-0.3, -0.25) is 14.4 Å². The lowest BCUT2D eigenvalue weighted by atomic mass is 9.97. The number of esters is 1. The Bertz CT molecular complexity index is 1000. The van der Waals surface area contributed by atoms with E-state index in [-0.39, 0.29) is 38.1 Å². The van der Waals surface area contributed by atoms with Gasteiger partial charge in [-0.2, -0.15) is 0 Å². The highest BCUT2D eigenvalue weighted by atomic mass is 16.5. The SMILES string of the molecule is CCOC(=O)/C=C/[C@H](C[C@@H]1CCNC1=O)NC(=O)[C@H](COC)NC(=O)[C@H](CO)NC(=O)OCc1ccccc1. The molecule has 1 fully saturated rings. The topological polar surface area (TPSA) is 181 Å². The van der Waals surface area contributed by atoms with Gasteiger partial charge >= 0.3 is 12.1 Å². The standard InChI is InChI=1S/C26H36N4O9/c1-3-38-22(32)10-9-19(13-18-11-12-27-23(18)33)28-25(35)21(16-37-2)29-24(34)20(14-31)30-26(36)39-15-17-7-5-4-6-8-17/h4-10,18-21,31H,3,11-16H2,1-2H3,(H,27,33)(H,28,35)(H,29,34)(H,30,36)/b10-9+/t18-,19+,20-,21-/m0/s1. The van der Waals surface area contributed by atoms with Gasteiger partial charge in [0.05, 0.1) is 19.8 Å². The highest BCUT2D eigenvalue weighted by Crippen LogP contribution is 2.17. The molecule has 2 rings (SSSR count). The Morgan fingerprint density at radius 1 is 1.08 bits per heavy atom. The predicted molar refractivity (Wildman–Crippen MR) is 138 cm³/mol. The minimum atomic E-state index is -1.40. The summed E-state index contributed by atoms with van der Waals surface area (Å²) in [5, 5.41) is 19.8. The van der Waals surface area contributed by atoms with Crippen LogP contribution in [-0.4, -0.2) is 86.5 Å². The Hall–Kier alpha value is -3.97.